The molecule has 1 aliphatic heterocycles. The fraction of sp³-hybridized carbons (Fsp3) is 0.562. The van der Waals surface area contributed by atoms with Crippen LogP contribution in [0.15, 0.2) is 12.1 Å². The van der Waals surface area contributed by atoms with Gasteiger partial charge in [0.15, 0.2) is 6.61 Å². The third-order valence-corrected chi connectivity index (χ3v) is 4.36. The van der Waals surface area contributed by atoms with Crippen molar-refractivity contribution < 1.29 is 9.53 Å². The van der Waals surface area contributed by atoms with E-state index in [-0.39, 0.29) is 24.9 Å². The van der Waals surface area contributed by atoms with Gasteiger partial charge in [-0.1, -0.05) is 11.6 Å². The SMILES string of the molecule is Cc1cc(OCC(=O)NCC2CCCNC2)cc(C)c1Cl.Cl. The Morgan fingerprint density at radius 1 is 1.41 bits per heavy atom. The van der Waals surface area contributed by atoms with Gasteiger partial charge in [0, 0.05) is 11.6 Å². The third kappa shape index (κ3) is 5.67. The average molecular weight is 347 g/mol. The van der Waals surface area contributed by atoms with Gasteiger partial charge in [0.1, 0.15) is 5.75 Å². The predicted molar refractivity (Wildman–Crippen MR) is 92.3 cm³/mol. The third-order valence-electron chi connectivity index (χ3n) is 3.77. The van der Waals surface area contributed by atoms with Gasteiger partial charge >= 0.3 is 0 Å². The minimum atomic E-state index is -0.0779. The summed E-state index contributed by atoms with van der Waals surface area (Å²) in [7, 11) is 0. The number of halogens is 2. The minimum absolute atomic E-state index is 0. The Kier molecular flexibility index (Phi) is 8.01. The zero-order valence-corrected chi connectivity index (χ0v) is 14.6. The minimum Gasteiger partial charge on any atom is -0.484 e. The molecule has 1 amide bonds. The van der Waals surface area contributed by atoms with Crippen molar-refractivity contribution in [2.45, 2.75) is 26.7 Å². The molecule has 0 saturated carbocycles. The second-order valence-electron chi connectivity index (χ2n) is 5.68. The monoisotopic (exact) mass is 346 g/mol. The molecule has 1 heterocycles. The quantitative estimate of drug-likeness (QED) is 0.861. The largest absolute Gasteiger partial charge is 0.484 e. The van der Waals surface area contributed by atoms with Gasteiger partial charge in [-0.05, 0) is 69.0 Å². The Bertz CT molecular complexity index is 480. The molecular weight excluding hydrogens is 323 g/mol. The van der Waals surface area contributed by atoms with Crippen molar-refractivity contribution in [3.05, 3.63) is 28.3 Å². The summed E-state index contributed by atoms with van der Waals surface area (Å²) < 4.78 is 5.54. The summed E-state index contributed by atoms with van der Waals surface area (Å²) in [5, 5.41) is 7.02. The molecule has 2 N–H and O–H groups in total. The van der Waals surface area contributed by atoms with Gasteiger partial charge in [-0.3, -0.25) is 4.79 Å². The maximum Gasteiger partial charge on any atom is 0.257 e. The van der Waals surface area contributed by atoms with Crippen LogP contribution >= 0.6 is 24.0 Å². The highest BCUT2D eigenvalue weighted by Crippen LogP contribution is 2.25. The molecule has 1 aromatic rings. The lowest BCUT2D eigenvalue weighted by atomic mass is 10.00. The van der Waals surface area contributed by atoms with Crippen molar-refractivity contribution in [2.24, 2.45) is 5.92 Å². The fourth-order valence-corrected chi connectivity index (χ4v) is 2.65. The van der Waals surface area contributed by atoms with Crippen molar-refractivity contribution in [3.63, 3.8) is 0 Å². The Morgan fingerprint density at radius 2 is 2.09 bits per heavy atom. The van der Waals surface area contributed by atoms with Crippen molar-refractivity contribution in [1.82, 2.24) is 10.6 Å². The summed E-state index contributed by atoms with van der Waals surface area (Å²) in [5.74, 6) is 1.14. The van der Waals surface area contributed by atoms with Crippen LogP contribution in [0.3, 0.4) is 0 Å². The molecule has 1 saturated heterocycles. The normalized spacial score (nSPS) is 17.5. The van der Waals surface area contributed by atoms with Crippen LogP contribution in [-0.4, -0.2) is 32.1 Å². The highest BCUT2D eigenvalue weighted by atomic mass is 35.5. The molecule has 1 aliphatic rings. The van der Waals surface area contributed by atoms with E-state index in [0.717, 1.165) is 29.2 Å². The summed E-state index contributed by atoms with van der Waals surface area (Å²) in [6.07, 6.45) is 2.35. The molecule has 1 aromatic carbocycles. The van der Waals surface area contributed by atoms with Crippen LogP contribution in [0.1, 0.15) is 24.0 Å². The van der Waals surface area contributed by atoms with Crippen LogP contribution in [-0.2, 0) is 4.79 Å². The highest BCUT2D eigenvalue weighted by molar-refractivity contribution is 6.32. The predicted octanol–water partition coefficient (Wildman–Crippen LogP) is 2.87. The molecule has 124 valence electrons. The fourth-order valence-electron chi connectivity index (χ4n) is 2.55. The van der Waals surface area contributed by atoms with Gasteiger partial charge in [-0.25, -0.2) is 0 Å². The number of ether oxygens (including phenoxy) is 1. The van der Waals surface area contributed by atoms with Gasteiger partial charge in [0.05, 0.1) is 0 Å². The van der Waals surface area contributed by atoms with Gasteiger partial charge in [-0.2, -0.15) is 0 Å². The van der Waals surface area contributed by atoms with E-state index in [4.69, 9.17) is 16.3 Å². The lowest BCUT2D eigenvalue weighted by molar-refractivity contribution is -0.123. The number of aryl methyl sites for hydroxylation is 2. The number of hydrogen-bond acceptors (Lipinski definition) is 3. The van der Waals surface area contributed by atoms with E-state index in [1.165, 1.54) is 12.8 Å². The molecule has 4 nitrogen and oxygen atoms in total. The second-order valence-corrected chi connectivity index (χ2v) is 6.05. The maximum atomic E-state index is 11.8. The van der Waals surface area contributed by atoms with Crippen molar-refractivity contribution in [3.8, 4) is 5.75 Å². The van der Waals surface area contributed by atoms with Gasteiger partial charge < -0.3 is 15.4 Å². The number of rotatable bonds is 5. The van der Waals surface area contributed by atoms with Crippen LogP contribution < -0.4 is 15.4 Å². The van der Waals surface area contributed by atoms with Crippen LogP contribution in [0, 0.1) is 19.8 Å². The van der Waals surface area contributed by atoms with Crippen LogP contribution in [0.2, 0.25) is 5.02 Å². The lowest BCUT2D eigenvalue weighted by Crippen LogP contribution is -2.39. The average Bonchev–Trinajstić information content (AvgIpc) is 2.49. The summed E-state index contributed by atoms with van der Waals surface area (Å²) in [5.41, 5.74) is 1.92. The van der Waals surface area contributed by atoms with Crippen molar-refractivity contribution >= 4 is 29.9 Å². The molecule has 2 rings (SSSR count). The standard InChI is InChI=1S/C16H23ClN2O2.ClH/c1-11-6-14(7-12(2)16(11)17)21-10-15(20)19-9-13-4-3-5-18-8-13;/h6-7,13,18H,3-5,8-10H2,1-2H3,(H,19,20);1H. The first-order valence-electron chi connectivity index (χ1n) is 7.43. The second kappa shape index (κ2) is 9.23. The van der Waals surface area contributed by atoms with E-state index in [1.807, 2.05) is 26.0 Å². The summed E-state index contributed by atoms with van der Waals surface area (Å²) in [4.78, 5) is 11.8. The first-order valence-corrected chi connectivity index (χ1v) is 7.81. The number of carbonyl (C=O) groups excluding carboxylic acids is 1. The van der Waals surface area contributed by atoms with Crippen LogP contribution in [0.5, 0.6) is 5.75 Å². The molecule has 0 radical (unpaired) electrons. The summed E-state index contributed by atoms with van der Waals surface area (Å²) >= 11 is 6.11. The van der Waals surface area contributed by atoms with E-state index < -0.39 is 0 Å². The number of amides is 1. The number of piperidine rings is 1. The van der Waals surface area contributed by atoms with E-state index in [0.29, 0.717) is 18.2 Å². The maximum absolute atomic E-state index is 11.8. The molecule has 6 heteroatoms. The molecular formula is C16H24Cl2N2O2. The zero-order valence-electron chi connectivity index (χ0n) is 13.1. The lowest BCUT2D eigenvalue weighted by Gasteiger charge is -2.22. The number of benzene rings is 1. The molecule has 0 aliphatic carbocycles. The molecule has 1 atom stereocenters. The summed E-state index contributed by atoms with van der Waals surface area (Å²) in [6.45, 7) is 6.69. The van der Waals surface area contributed by atoms with Crippen LogP contribution in [0.4, 0.5) is 0 Å². The van der Waals surface area contributed by atoms with Crippen molar-refractivity contribution in [1.29, 1.82) is 0 Å². The van der Waals surface area contributed by atoms with Gasteiger partial charge in [0.25, 0.3) is 5.91 Å². The van der Waals surface area contributed by atoms with Gasteiger partial charge in [0.2, 0.25) is 0 Å². The van der Waals surface area contributed by atoms with E-state index in [9.17, 15) is 4.79 Å². The Labute approximate surface area is 143 Å². The zero-order chi connectivity index (χ0) is 15.2. The topological polar surface area (TPSA) is 50.4 Å². The Morgan fingerprint density at radius 3 is 2.68 bits per heavy atom. The number of carbonyl (C=O) groups is 1. The smallest absolute Gasteiger partial charge is 0.257 e. The van der Waals surface area contributed by atoms with E-state index in [1.54, 1.807) is 0 Å². The number of nitrogens with one attached hydrogen (secondary N) is 2. The van der Waals surface area contributed by atoms with Crippen molar-refractivity contribution in [2.75, 3.05) is 26.2 Å². The number of hydrogen-bond donors (Lipinski definition) is 2. The first kappa shape index (κ1) is 19.1. The molecule has 0 aromatic heterocycles. The summed E-state index contributed by atoms with van der Waals surface area (Å²) in [6, 6.07) is 3.71. The van der Waals surface area contributed by atoms with Crippen LogP contribution in [0.25, 0.3) is 0 Å². The molecule has 0 spiro atoms. The Hall–Kier alpha value is -0.970. The molecule has 22 heavy (non-hydrogen) atoms. The highest BCUT2D eigenvalue weighted by Gasteiger charge is 2.14. The molecule has 1 unspecified atom stereocenters. The van der Waals surface area contributed by atoms with Gasteiger partial charge in [-0.15, -0.1) is 12.4 Å². The molecule has 1 fully saturated rings. The molecule has 0 bridgehead atoms. The Balaban J connectivity index is 0.00000242. The van der Waals surface area contributed by atoms with E-state index >= 15 is 0 Å². The first-order chi connectivity index (χ1) is 10.1. The van der Waals surface area contributed by atoms with E-state index in [2.05, 4.69) is 10.6 Å².